The maximum absolute atomic E-state index is 13.9. The molecule has 1 aliphatic heterocycles. The second kappa shape index (κ2) is 13.8. The van der Waals surface area contributed by atoms with E-state index in [1.54, 1.807) is 30.2 Å². The quantitative estimate of drug-likeness (QED) is 0.325. The Labute approximate surface area is 228 Å². The Kier molecular flexibility index (Phi) is 10.8. The third kappa shape index (κ3) is 6.84. The maximum Gasteiger partial charge on any atom is 0.260 e. The molecule has 0 bridgehead atoms. The van der Waals surface area contributed by atoms with Gasteiger partial charge >= 0.3 is 0 Å². The van der Waals surface area contributed by atoms with E-state index in [1.807, 2.05) is 26.0 Å². The van der Waals surface area contributed by atoms with Crippen LogP contribution in [-0.4, -0.2) is 75.5 Å². The van der Waals surface area contributed by atoms with E-state index in [0.717, 1.165) is 55.0 Å². The van der Waals surface area contributed by atoms with Crippen molar-refractivity contribution in [3.05, 3.63) is 41.5 Å². The molecule has 2 aromatic carbocycles. The number of morpholine rings is 1. The lowest BCUT2D eigenvalue weighted by Crippen LogP contribution is -2.39. The topological polar surface area (TPSA) is 73.4 Å². The molecule has 0 saturated carbocycles. The molecule has 202 valence electrons. The molecule has 0 unspecified atom stereocenters. The number of aromatic nitrogens is 1. The summed E-state index contributed by atoms with van der Waals surface area (Å²) in [6.07, 6.45) is 0.827. The second-order valence-corrected chi connectivity index (χ2v) is 9.53. The summed E-state index contributed by atoms with van der Waals surface area (Å²) >= 11 is 1.52. The molecule has 0 aliphatic carbocycles. The molecule has 1 amide bonds. The van der Waals surface area contributed by atoms with Crippen LogP contribution < -0.4 is 19.1 Å². The Bertz CT molecular complexity index is 1180. The summed E-state index contributed by atoms with van der Waals surface area (Å²) < 4.78 is 23.5. The van der Waals surface area contributed by atoms with Gasteiger partial charge in [-0.3, -0.25) is 14.6 Å². The number of rotatable bonds is 11. The smallest absolute Gasteiger partial charge is 0.260 e. The zero-order valence-corrected chi connectivity index (χ0v) is 23.6. The lowest BCUT2D eigenvalue weighted by atomic mass is 10.1. The van der Waals surface area contributed by atoms with Crippen molar-refractivity contribution >= 4 is 45.0 Å². The molecule has 8 nitrogen and oxygen atoms in total. The predicted octanol–water partition coefficient (Wildman–Crippen LogP) is 5.20. The van der Waals surface area contributed by atoms with Gasteiger partial charge in [0.25, 0.3) is 5.91 Å². The second-order valence-electron chi connectivity index (χ2n) is 8.55. The summed E-state index contributed by atoms with van der Waals surface area (Å²) in [6.45, 7) is 11.7. The number of thiazole rings is 1. The molecule has 3 aromatic rings. The van der Waals surface area contributed by atoms with Gasteiger partial charge < -0.3 is 18.9 Å². The summed E-state index contributed by atoms with van der Waals surface area (Å²) in [5.74, 6) is 1.80. The first-order valence-corrected chi connectivity index (χ1v) is 13.3. The number of nitrogens with zero attached hydrogens (tertiary/aromatic N) is 3. The third-order valence-electron chi connectivity index (χ3n) is 6.14. The van der Waals surface area contributed by atoms with E-state index in [1.165, 1.54) is 11.3 Å². The van der Waals surface area contributed by atoms with Crippen LogP contribution in [0.25, 0.3) is 10.2 Å². The van der Waals surface area contributed by atoms with Gasteiger partial charge in [-0.05, 0) is 57.0 Å². The first-order chi connectivity index (χ1) is 17.5. The van der Waals surface area contributed by atoms with Gasteiger partial charge in [0.2, 0.25) is 0 Å². The van der Waals surface area contributed by atoms with E-state index in [0.29, 0.717) is 47.7 Å². The number of ether oxygens (including phenoxy) is 4. The molecule has 1 aliphatic rings. The minimum atomic E-state index is -0.114. The van der Waals surface area contributed by atoms with Crippen molar-refractivity contribution in [1.82, 2.24) is 9.88 Å². The molecular weight excluding hydrogens is 514 g/mol. The van der Waals surface area contributed by atoms with Crippen LogP contribution in [-0.2, 0) is 4.74 Å². The van der Waals surface area contributed by atoms with Crippen LogP contribution in [0.3, 0.4) is 0 Å². The number of hydrogen-bond acceptors (Lipinski definition) is 8. The molecule has 0 atom stereocenters. The highest BCUT2D eigenvalue weighted by Gasteiger charge is 2.24. The zero-order valence-electron chi connectivity index (χ0n) is 22.0. The number of hydrogen-bond donors (Lipinski definition) is 0. The number of carbonyl (C=O) groups is 1. The van der Waals surface area contributed by atoms with Crippen LogP contribution >= 0.6 is 23.7 Å². The molecule has 1 aromatic heterocycles. The van der Waals surface area contributed by atoms with Crippen molar-refractivity contribution in [2.24, 2.45) is 0 Å². The van der Waals surface area contributed by atoms with Crippen LogP contribution in [0.15, 0.2) is 30.3 Å². The van der Waals surface area contributed by atoms with Crippen LogP contribution in [0.1, 0.15) is 36.2 Å². The number of amides is 1. The minimum Gasteiger partial charge on any atom is -0.494 e. The van der Waals surface area contributed by atoms with E-state index < -0.39 is 0 Å². The van der Waals surface area contributed by atoms with Crippen molar-refractivity contribution in [3.63, 3.8) is 0 Å². The fraction of sp³-hybridized carbons (Fsp3) is 0.481. The number of carbonyl (C=O) groups excluding carboxylic acids is 1. The SMILES string of the molecule is CCOc1ccc(C(=O)N(CCCN2CCOCC2)c2nc3c(OC)ccc(C)c3s2)cc1OCC.Cl. The van der Waals surface area contributed by atoms with Crippen molar-refractivity contribution in [1.29, 1.82) is 0 Å². The van der Waals surface area contributed by atoms with E-state index >= 15 is 0 Å². The van der Waals surface area contributed by atoms with Crippen LogP contribution in [0.5, 0.6) is 17.2 Å². The van der Waals surface area contributed by atoms with Crippen molar-refractivity contribution < 1.29 is 23.7 Å². The first-order valence-electron chi connectivity index (χ1n) is 12.5. The molecule has 0 radical (unpaired) electrons. The van der Waals surface area contributed by atoms with Gasteiger partial charge in [0.05, 0.1) is 38.2 Å². The highest BCUT2D eigenvalue weighted by atomic mass is 35.5. The van der Waals surface area contributed by atoms with E-state index in [4.69, 9.17) is 23.9 Å². The summed E-state index contributed by atoms with van der Waals surface area (Å²) in [4.78, 5) is 22.9. The van der Waals surface area contributed by atoms with Gasteiger partial charge in [-0.1, -0.05) is 17.4 Å². The van der Waals surface area contributed by atoms with Crippen LogP contribution in [0.2, 0.25) is 0 Å². The van der Waals surface area contributed by atoms with Crippen LogP contribution in [0.4, 0.5) is 5.13 Å². The standard InChI is InChI=1S/C27H35N3O5S.ClH/c1-5-34-21-11-9-20(18-23(21)35-6-2)26(31)30(13-7-12-29-14-16-33-17-15-29)27-28-24-22(32-4)10-8-19(3)25(24)36-27;/h8-11,18H,5-7,12-17H2,1-4H3;1H. The summed E-state index contributed by atoms with van der Waals surface area (Å²) in [5, 5.41) is 0.663. The maximum atomic E-state index is 13.9. The highest BCUT2D eigenvalue weighted by molar-refractivity contribution is 7.22. The largest absolute Gasteiger partial charge is 0.494 e. The number of methoxy groups -OCH3 is 1. The normalized spacial score (nSPS) is 13.7. The molecule has 0 N–H and O–H groups in total. The fourth-order valence-electron chi connectivity index (χ4n) is 4.28. The fourth-order valence-corrected chi connectivity index (χ4v) is 5.36. The molecule has 0 spiro atoms. The molecule has 37 heavy (non-hydrogen) atoms. The van der Waals surface area contributed by atoms with Gasteiger partial charge in [-0.2, -0.15) is 0 Å². The van der Waals surface area contributed by atoms with E-state index in [9.17, 15) is 4.79 Å². The average Bonchev–Trinajstić information content (AvgIpc) is 3.34. The molecule has 4 rings (SSSR count). The average molecular weight is 550 g/mol. The van der Waals surface area contributed by atoms with Gasteiger partial charge in [0.15, 0.2) is 16.6 Å². The number of fused-ring (bicyclic) bond motifs is 1. The van der Waals surface area contributed by atoms with Gasteiger partial charge in [0, 0.05) is 31.7 Å². The molecule has 1 saturated heterocycles. The van der Waals surface area contributed by atoms with Crippen molar-refractivity contribution in [2.45, 2.75) is 27.2 Å². The Hall–Kier alpha value is -2.59. The monoisotopic (exact) mass is 549 g/mol. The van der Waals surface area contributed by atoms with E-state index in [2.05, 4.69) is 11.8 Å². The molecule has 10 heteroatoms. The predicted molar refractivity (Wildman–Crippen MR) is 150 cm³/mol. The van der Waals surface area contributed by atoms with Gasteiger partial charge in [-0.15, -0.1) is 12.4 Å². The van der Waals surface area contributed by atoms with Gasteiger partial charge in [-0.25, -0.2) is 4.98 Å². The lowest BCUT2D eigenvalue weighted by Gasteiger charge is -2.27. The lowest BCUT2D eigenvalue weighted by molar-refractivity contribution is 0.0376. The van der Waals surface area contributed by atoms with Crippen molar-refractivity contribution in [3.8, 4) is 17.2 Å². The third-order valence-corrected chi connectivity index (χ3v) is 7.35. The summed E-state index contributed by atoms with van der Waals surface area (Å²) in [7, 11) is 1.64. The van der Waals surface area contributed by atoms with Gasteiger partial charge in [0.1, 0.15) is 11.3 Å². The van der Waals surface area contributed by atoms with E-state index in [-0.39, 0.29) is 18.3 Å². The van der Waals surface area contributed by atoms with Crippen molar-refractivity contribution in [2.75, 3.05) is 64.6 Å². The Balaban J connectivity index is 0.00000380. The Morgan fingerprint density at radius 3 is 2.49 bits per heavy atom. The summed E-state index contributed by atoms with van der Waals surface area (Å²) in [6, 6.07) is 9.31. The van der Waals surface area contributed by atoms with Crippen LogP contribution in [0, 0.1) is 6.92 Å². The first kappa shape index (κ1) is 29.0. The number of halogens is 1. The Morgan fingerprint density at radius 2 is 1.78 bits per heavy atom. The molecule has 2 heterocycles. The molecule has 1 fully saturated rings. The number of aryl methyl sites for hydroxylation is 1. The highest BCUT2D eigenvalue weighted by Crippen LogP contribution is 2.37. The summed E-state index contributed by atoms with van der Waals surface area (Å²) in [5.41, 5.74) is 2.43. The number of benzene rings is 2. The number of anilines is 1. The Morgan fingerprint density at radius 1 is 1.08 bits per heavy atom. The minimum absolute atomic E-state index is 0. The molecular formula is C27H36ClN3O5S. The zero-order chi connectivity index (χ0) is 25.5.